The average Bonchev–Trinajstić information content (AvgIpc) is 3.08. The number of hydrogen-bond acceptors (Lipinski definition) is 6. The van der Waals surface area contributed by atoms with Crippen LogP contribution in [0.4, 0.5) is 15.9 Å². The molecule has 6 nitrogen and oxygen atoms in total. The van der Waals surface area contributed by atoms with E-state index in [1.54, 1.807) is 12.1 Å². The van der Waals surface area contributed by atoms with Gasteiger partial charge in [0.1, 0.15) is 23.5 Å². The van der Waals surface area contributed by atoms with Crippen molar-refractivity contribution in [3.63, 3.8) is 0 Å². The van der Waals surface area contributed by atoms with Crippen molar-refractivity contribution in [3.8, 4) is 5.75 Å². The van der Waals surface area contributed by atoms with Gasteiger partial charge in [-0.05, 0) is 37.1 Å². The number of fused-ring (bicyclic) bond motifs is 1. The maximum absolute atomic E-state index is 13.0. The number of rotatable bonds is 5. The van der Waals surface area contributed by atoms with Gasteiger partial charge >= 0.3 is 0 Å². The molecule has 5 rings (SSSR count). The number of anilines is 2. The lowest BCUT2D eigenvalue weighted by atomic mass is 10.1. The summed E-state index contributed by atoms with van der Waals surface area (Å²) in [6.45, 7) is 2.97. The monoisotopic (exact) mass is 417 g/mol. The maximum atomic E-state index is 13.0. The summed E-state index contributed by atoms with van der Waals surface area (Å²) in [5.74, 6) is 1.95. The molecule has 0 spiro atoms. The van der Waals surface area contributed by atoms with E-state index >= 15 is 0 Å². The Bertz CT molecular complexity index is 912. The molecule has 2 saturated heterocycles. The van der Waals surface area contributed by atoms with Gasteiger partial charge in [0.25, 0.3) is 0 Å². The first-order valence-electron chi connectivity index (χ1n) is 10.1. The van der Waals surface area contributed by atoms with E-state index in [0.29, 0.717) is 17.5 Å². The molecule has 0 amide bonds. The predicted molar refractivity (Wildman–Crippen MR) is 110 cm³/mol. The molecule has 3 aliphatic rings. The van der Waals surface area contributed by atoms with E-state index in [1.165, 1.54) is 12.1 Å². The third kappa shape index (κ3) is 3.96. The molecule has 0 radical (unpaired) electrons. The first-order valence-corrected chi connectivity index (χ1v) is 11.4. The van der Waals surface area contributed by atoms with Crippen molar-refractivity contribution < 1.29 is 18.1 Å². The van der Waals surface area contributed by atoms with E-state index < -0.39 is 10.8 Å². The van der Waals surface area contributed by atoms with Crippen LogP contribution in [0, 0.1) is 5.82 Å². The number of halogens is 1. The highest BCUT2D eigenvalue weighted by Crippen LogP contribution is 2.35. The number of ether oxygens (including phenoxy) is 2. The van der Waals surface area contributed by atoms with Crippen molar-refractivity contribution in [2.75, 3.05) is 42.3 Å². The van der Waals surface area contributed by atoms with Crippen LogP contribution >= 0.6 is 0 Å². The van der Waals surface area contributed by atoms with Crippen molar-refractivity contribution in [2.45, 2.75) is 36.3 Å². The Kier molecular flexibility index (Phi) is 5.13. The lowest BCUT2D eigenvalue weighted by Gasteiger charge is -2.40. The van der Waals surface area contributed by atoms with Crippen molar-refractivity contribution in [1.29, 1.82) is 0 Å². The second-order valence-corrected chi connectivity index (χ2v) is 9.24. The van der Waals surface area contributed by atoms with Crippen molar-refractivity contribution in [1.82, 2.24) is 4.98 Å². The zero-order valence-electron chi connectivity index (χ0n) is 16.1. The third-order valence-corrected chi connectivity index (χ3v) is 7.14. The van der Waals surface area contributed by atoms with Crippen LogP contribution in [0.3, 0.4) is 0 Å². The largest absolute Gasteiger partial charge is 0.487 e. The SMILES string of the molecule is O=S1CCc2nc(N3CC(Oc4ccc(F)cc4)C3)cc(NC3CCOCC3)c21. The van der Waals surface area contributed by atoms with Gasteiger partial charge in [0.15, 0.2) is 0 Å². The van der Waals surface area contributed by atoms with Crippen LogP contribution in [-0.4, -0.2) is 53.4 Å². The summed E-state index contributed by atoms with van der Waals surface area (Å²) in [7, 11) is -0.985. The fourth-order valence-corrected chi connectivity index (χ4v) is 5.38. The fourth-order valence-electron chi connectivity index (χ4n) is 4.02. The smallest absolute Gasteiger partial charge is 0.134 e. The Hall–Kier alpha value is -2.19. The molecule has 1 aromatic heterocycles. The van der Waals surface area contributed by atoms with Crippen LogP contribution in [-0.2, 0) is 22.0 Å². The Labute approximate surface area is 171 Å². The van der Waals surface area contributed by atoms with Crippen molar-refractivity contribution >= 4 is 22.3 Å². The fraction of sp³-hybridized carbons (Fsp3) is 0.476. The second-order valence-electron chi connectivity index (χ2n) is 7.73. The number of benzene rings is 1. The van der Waals surface area contributed by atoms with Crippen LogP contribution < -0.4 is 15.0 Å². The molecule has 4 heterocycles. The second kappa shape index (κ2) is 7.91. The quantitative estimate of drug-likeness (QED) is 0.807. The number of nitrogens with zero attached hydrogens (tertiary/aromatic N) is 2. The van der Waals surface area contributed by atoms with Gasteiger partial charge in [-0.3, -0.25) is 4.21 Å². The summed E-state index contributed by atoms with van der Waals surface area (Å²) in [4.78, 5) is 7.84. The van der Waals surface area contributed by atoms with Crippen LogP contribution in [0.25, 0.3) is 0 Å². The zero-order chi connectivity index (χ0) is 19.8. The van der Waals surface area contributed by atoms with Crippen LogP contribution in [0.5, 0.6) is 5.75 Å². The molecule has 2 fully saturated rings. The van der Waals surface area contributed by atoms with Crippen molar-refractivity contribution in [2.24, 2.45) is 0 Å². The summed E-state index contributed by atoms with van der Waals surface area (Å²) in [5, 5.41) is 3.60. The topological polar surface area (TPSA) is 63.7 Å². The van der Waals surface area contributed by atoms with Crippen molar-refractivity contribution in [3.05, 3.63) is 41.8 Å². The van der Waals surface area contributed by atoms with Crippen LogP contribution in [0.1, 0.15) is 18.5 Å². The Morgan fingerprint density at radius 1 is 1.21 bits per heavy atom. The van der Waals surface area contributed by atoms with Gasteiger partial charge in [-0.15, -0.1) is 0 Å². The summed E-state index contributed by atoms with van der Waals surface area (Å²) in [5.41, 5.74) is 1.90. The lowest BCUT2D eigenvalue weighted by molar-refractivity contribution is 0.0904. The Balaban J connectivity index is 1.30. The van der Waals surface area contributed by atoms with E-state index in [1.807, 2.05) is 6.07 Å². The summed E-state index contributed by atoms with van der Waals surface area (Å²) in [6.07, 6.45) is 2.71. The van der Waals surface area contributed by atoms with E-state index in [0.717, 1.165) is 67.7 Å². The van der Waals surface area contributed by atoms with E-state index in [2.05, 4.69) is 10.2 Å². The van der Waals surface area contributed by atoms with E-state index in [9.17, 15) is 8.60 Å². The molecular weight excluding hydrogens is 393 g/mol. The molecule has 2 aromatic rings. The minimum absolute atomic E-state index is 0.0524. The average molecular weight is 418 g/mol. The van der Waals surface area contributed by atoms with Gasteiger partial charge in [0.05, 0.1) is 40.2 Å². The van der Waals surface area contributed by atoms with Gasteiger partial charge in [0, 0.05) is 37.5 Å². The molecule has 154 valence electrons. The first-order chi connectivity index (χ1) is 14.2. The Morgan fingerprint density at radius 3 is 2.72 bits per heavy atom. The maximum Gasteiger partial charge on any atom is 0.134 e. The third-order valence-electron chi connectivity index (χ3n) is 5.65. The summed E-state index contributed by atoms with van der Waals surface area (Å²) < 4.78 is 36.9. The van der Waals surface area contributed by atoms with Gasteiger partial charge in [-0.25, -0.2) is 9.37 Å². The normalized spacial score (nSPS) is 22.2. The number of pyridine rings is 1. The number of hydrogen-bond donors (Lipinski definition) is 1. The molecule has 29 heavy (non-hydrogen) atoms. The molecule has 3 aliphatic heterocycles. The summed E-state index contributed by atoms with van der Waals surface area (Å²) >= 11 is 0. The zero-order valence-corrected chi connectivity index (χ0v) is 16.9. The van der Waals surface area contributed by atoms with Crippen LogP contribution in [0.15, 0.2) is 35.2 Å². The van der Waals surface area contributed by atoms with Gasteiger partial charge < -0.3 is 19.7 Å². The van der Waals surface area contributed by atoms with E-state index in [4.69, 9.17) is 14.5 Å². The highest BCUT2D eigenvalue weighted by molar-refractivity contribution is 7.85. The van der Waals surface area contributed by atoms with E-state index in [-0.39, 0.29) is 11.9 Å². The molecule has 1 N–H and O–H groups in total. The van der Waals surface area contributed by atoms with Gasteiger partial charge in [-0.1, -0.05) is 0 Å². The predicted octanol–water partition coefficient (Wildman–Crippen LogP) is 2.74. The number of nitrogens with one attached hydrogen (secondary N) is 1. The standard InChI is InChI=1S/C21H24FN3O3S/c22-14-1-3-16(4-2-14)28-17-12-25(13-17)20-11-19(23-15-5-8-27-9-6-15)21-18(24-20)7-10-29(21)26/h1-4,11,15,17H,5-10,12-13H2,(H,23,24). The molecule has 0 saturated carbocycles. The molecule has 8 heteroatoms. The highest BCUT2D eigenvalue weighted by atomic mass is 32.2. The first kappa shape index (κ1) is 18.8. The van der Waals surface area contributed by atoms with Crippen LogP contribution in [0.2, 0.25) is 0 Å². The highest BCUT2D eigenvalue weighted by Gasteiger charge is 2.33. The minimum atomic E-state index is -0.985. The lowest BCUT2D eigenvalue weighted by Crippen LogP contribution is -2.54. The summed E-state index contributed by atoms with van der Waals surface area (Å²) in [6, 6.07) is 8.48. The molecular formula is C21H24FN3O3S. The molecule has 0 bridgehead atoms. The number of aromatic nitrogens is 1. The molecule has 1 aromatic carbocycles. The van der Waals surface area contributed by atoms with Gasteiger partial charge in [-0.2, -0.15) is 0 Å². The molecule has 1 atom stereocenters. The molecule has 0 aliphatic carbocycles. The van der Waals surface area contributed by atoms with Gasteiger partial charge in [0.2, 0.25) is 0 Å². The minimum Gasteiger partial charge on any atom is -0.487 e. The number of aryl methyl sites for hydroxylation is 1. The Morgan fingerprint density at radius 2 is 1.97 bits per heavy atom. The molecule has 1 unspecified atom stereocenters.